The highest BCUT2D eigenvalue weighted by Crippen LogP contribution is 2.50. The normalized spacial score (nSPS) is 26.2. The monoisotopic (exact) mass is 412 g/mol. The van der Waals surface area contributed by atoms with Crippen LogP contribution in [0.1, 0.15) is 44.7 Å². The van der Waals surface area contributed by atoms with Gasteiger partial charge in [-0.1, -0.05) is 18.2 Å². The number of hydrogen-bond donors (Lipinski definition) is 1. The minimum absolute atomic E-state index is 0.0574. The van der Waals surface area contributed by atoms with E-state index in [1.165, 1.54) is 18.2 Å². The second kappa shape index (κ2) is 7.61. The third-order valence-corrected chi connectivity index (χ3v) is 5.06. The van der Waals surface area contributed by atoms with Crippen LogP contribution in [0.25, 0.3) is 0 Å². The molecule has 3 atom stereocenters. The lowest BCUT2D eigenvalue weighted by Gasteiger charge is -2.42. The van der Waals surface area contributed by atoms with Crippen LogP contribution >= 0.6 is 0 Å². The van der Waals surface area contributed by atoms with E-state index in [-0.39, 0.29) is 30.2 Å². The molecule has 1 N–H and O–H groups in total. The summed E-state index contributed by atoms with van der Waals surface area (Å²) in [5.74, 6) is -2.37. The Balaban J connectivity index is 2.26. The quantitative estimate of drug-likeness (QED) is 0.759. The van der Waals surface area contributed by atoms with Gasteiger partial charge in [-0.05, 0) is 44.5 Å². The molecule has 2 aliphatic rings. The summed E-state index contributed by atoms with van der Waals surface area (Å²) in [6.07, 6.45) is -4.60. The van der Waals surface area contributed by atoms with Crippen LogP contribution in [0.4, 0.5) is 13.2 Å². The highest BCUT2D eigenvalue weighted by atomic mass is 19.4. The van der Waals surface area contributed by atoms with Gasteiger partial charge in [0.05, 0.1) is 24.4 Å². The van der Waals surface area contributed by atoms with Gasteiger partial charge in [0.2, 0.25) is 11.6 Å². The van der Waals surface area contributed by atoms with Crippen LogP contribution in [0, 0.1) is 5.92 Å². The summed E-state index contributed by atoms with van der Waals surface area (Å²) in [5, 5.41) is 7.03. The number of benzene rings is 1. The van der Waals surface area contributed by atoms with E-state index in [1.54, 1.807) is 27.7 Å². The van der Waals surface area contributed by atoms with E-state index in [1.807, 2.05) is 0 Å². The Morgan fingerprint density at radius 3 is 2.59 bits per heavy atom. The number of oxime groups is 1. The second-order valence-electron chi connectivity index (χ2n) is 6.99. The fourth-order valence-electron chi connectivity index (χ4n) is 4.00. The number of carbonyl (C=O) groups is 1. The fourth-order valence-corrected chi connectivity index (χ4v) is 4.00. The van der Waals surface area contributed by atoms with Gasteiger partial charge in [-0.2, -0.15) is 13.2 Å². The molecule has 2 heterocycles. The predicted octanol–water partition coefficient (Wildman–Crippen LogP) is 3.94. The third kappa shape index (κ3) is 3.65. The molecule has 2 aliphatic heterocycles. The average Bonchev–Trinajstić information content (AvgIpc) is 2.96. The molecule has 0 amide bonds. The minimum atomic E-state index is -4.60. The zero-order chi connectivity index (χ0) is 21.4. The van der Waals surface area contributed by atoms with Crippen LogP contribution in [0.5, 0.6) is 0 Å². The van der Waals surface area contributed by atoms with Crippen molar-refractivity contribution in [2.24, 2.45) is 11.1 Å². The smallest absolute Gasteiger partial charge is 0.416 e. The number of allylic oxidation sites excluding steroid dienone is 1. The summed E-state index contributed by atoms with van der Waals surface area (Å²) in [4.78, 5) is 18.3. The maximum atomic E-state index is 13.8. The Labute approximate surface area is 166 Å². The van der Waals surface area contributed by atoms with Crippen molar-refractivity contribution < 1.29 is 32.3 Å². The first-order valence-corrected chi connectivity index (χ1v) is 9.35. The van der Waals surface area contributed by atoms with E-state index < -0.39 is 35.3 Å². The standard InChI is InChI=1S/C20H23F3N2O4/c1-5-27-17-16-15(12-9-7-8-10-13(12)20(21,22)23)14(18(26)28-6-2)11(3)24-19(16,4)29-25-17/h7-10,15-16,24H,5-6H2,1-4H3/t15-,16+,19+/m0/s1. The zero-order valence-corrected chi connectivity index (χ0v) is 16.6. The molecule has 6 nitrogen and oxygen atoms in total. The third-order valence-electron chi connectivity index (χ3n) is 5.06. The first-order chi connectivity index (χ1) is 13.6. The van der Waals surface area contributed by atoms with E-state index in [9.17, 15) is 18.0 Å². The lowest BCUT2D eigenvalue weighted by molar-refractivity contribution is -0.142. The molecule has 1 aromatic rings. The summed E-state index contributed by atoms with van der Waals surface area (Å²) in [7, 11) is 0. The summed E-state index contributed by atoms with van der Waals surface area (Å²) in [6, 6.07) is 5.19. The molecule has 0 fully saturated rings. The Kier molecular flexibility index (Phi) is 5.51. The first kappa shape index (κ1) is 21.0. The number of ether oxygens (including phenoxy) is 2. The molecule has 0 unspecified atom stereocenters. The van der Waals surface area contributed by atoms with Gasteiger partial charge in [-0.3, -0.25) is 0 Å². The molecule has 0 saturated heterocycles. The van der Waals surface area contributed by atoms with E-state index in [4.69, 9.17) is 14.3 Å². The number of nitrogens with one attached hydrogen (secondary N) is 1. The fraction of sp³-hybridized carbons (Fsp3) is 0.500. The summed E-state index contributed by atoms with van der Waals surface area (Å²) in [5.41, 5.74) is -1.58. The molecule has 0 aliphatic carbocycles. The Hall–Kier alpha value is -2.71. The molecule has 0 spiro atoms. The van der Waals surface area contributed by atoms with Crippen molar-refractivity contribution in [1.29, 1.82) is 0 Å². The summed E-state index contributed by atoms with van der Waals surface area (Å²) in [6.45, 7) is 6.99. The van der Waals surface area contributed by atoms with Crippen LogP contribution < -0.4 is 5.32 Å². The number of halogens is 3. The van der Waals surface area contributed by atoms with E-state index in [0.717, 1.165) is 6.07 Å². The number of rotatable bonds is 4. The largest absolute Gasteiger partial charge is 0.479 e. The summed E-state index contributed by atoms with van der Waals surface area (Å²) >= 11 is 0. The molecule has 0 aromatic heterocycles. The number of esters is 1. The zero-order valence-electron chi connectivity index (χ0n) is 16.6. The number of nitrogens with zero attached hydrogens (tertiary/aromatic N) is 1. The van der Waals surface area contributed by atoms with Crippen molar-refractivity contribution in [1.82, 2.24) is 5.32 Å². The molecule has 0 saturated carbocycles. The van der Waals surface area contributed by atoms with Crippen molar-refractivity contribution >= 4 is 11.9 Å². The van der Waals surface area contributed by atoms with Crippen molar-refractivity contribution in [2.75, 3.05) is 13.2 Å². The maximum absolute atomic E-state index is 13.8. The molecular formula is C20H23F3N2O4. The van der Waals surface area contributed by atoms with Gasteiger partial charge >= 0.3 is 12.1 Å². The number of carbonyl (C=O) groups excluding carboxylic acids is 1. The molecule has 0 bridgehead atoms. The number of hydrogen-bond acceptors (Lipinski definition) is 6. The minimum Gasteiger partial charge on any atom is -0.479 e. The highest BCUT2D eigenvalue weighted by molar-refractivity contribution is 5.94. The van der Waals surface area contributed by atoms with Crippen LogP contribution in [-0.4, -0.2) is 30.8 Å². The van der Waals surface area contributed by atoms with Crippen LogP contribution in [0.2, 0.25) is 0 Å². The Bertz CT molecular complexity index is 866. The molecule has 3 rings (SSSR count). The topological polar surface area (TPSA) is 69.2 Å². The molecule has 1 aromatic carbocycles. The van der Waals surface area contributed by atoms with Gasteiger partial charge in [0.25, 0.3) is 0 Å². The molecule has 9 heteroatoms. The van der Waals surface area contributed by atoms with E-state index in [0.29, 0.717) is 5.70 Å². The van der Waals surface area contributed by atoms with Gasteiger partial charge in [0.1, 0.15) is 5.92 Å². The lowest BCUT2D eigenvalue weighted by atomic mass is 9.71. The first-order valence-electron chi connectivity index (χ1n) is 9.35. The van der Waals surface area contributed by atoms with Crippen LogP contribution in [-0.2, 0) is 25.3 Å². The van der Waals surface area contributed by atoms with E-state index >= 15 is 0 Å². The van der Waals surface area contributed by atoms with Gasteiger partial charge < -0.3 is 19.6 Å². The lowest BCUT2D eigenvalue weighted by Crippen LogP contribution is -2.55. The van der Waals surface area contributed by atoms with Crippen molar-refractivity contribution in [3.63, 3.8) is 0 Å². The van der Waals surface area contributed by atoms with Gasteiger partial charge in [-0.15, -0.1) is 0 Å². The van der Waals surface area contributed by atoms with E-state index in [2.05, 4.69) is 10.5 Å². The van der Waals surface area contributed by atoms with Gasteiger partial charge in [0.15, 0.2) is 0 Å². The number of alkyl halides is 3. The van der Waals surface area contributed by atoms with Crippen LogP contribution in [0.15, 0.2) is 40.7 Å². The molecule has 158 valence electrons. The summed E-state index contributed by atoms with van der Waals surface area (Å²) < 4.78 is 52.2. The Morgan fingerprint density at radius 2 is 1.97 bits per heavy atom. The van der Waals surface area contributed by atoms with Gasteiger partial charge in [-0.25, -0.2) is 4.79 Å². The van der Waals surface area contributed by atoms with Crippen molar-refractivity contribution in [3.8, 4) is 0 Å². The average molecular weight is 412 g/mol. The SMILES string of the molecule is CCOC(=O)C1=C(C)N[C@]2(C)ON=C(OCC)[C@H]2[C@H]1c1ccccc1C(F)(F)F. The molecule has 29 heavy (non-hydrogen) atoms. The van der Waals surface area contributed by atoms with Crippen molar-refractivity contribution in [3.05, 3.63) is 46.7 Å². The second-order valence-corrected chi connectivity index (χ2v) is 6.99. The van der Waals surface area contributed by atoms with Crippen molar-refractivity contribution in [2.45, 2.75) is 45.5 Å². The maximum Gasteiger partial charge on any atom is 0.416 e. The Morgan fingerprint density at radius 1 is 1.28 bits per heavy atom. The van der Waals surface area contributed by atoms with Gasteiger partial charge in [0, 0.05) is 11.6 Å². The predicted molar refractivity (Wildman–Crippen MR) is 98.7 cm³/mol. The van der Waals surface area contributed by atoms with Crippen LogP contribution in [0.3, 0.4) is 0 Å². The highest BCUT2D eigenvalue weighted by Gasteiger charge is 2.57. The molecular weight excluding hydrogens is 389 g/mol. The molecule has 0 radical (unpaired) electrons. The number of fused-ring (bicyclic) bond motifs is 1.